The van der Waals surface area contributed by atoms with E-state index in [9.17, 15) is 31.2 Å². The zero-order chi connectivity index (χ0) is 25.6. The van der Waals surface area contributed by atoms with Crippen LogP contribution in [0.4, 0.5) is 23.7 Å². The Morgan fingerprint density at radius 3 is 2.29 bits per heavy atom. The van der Waals surface area contributed by atoms with Crippen LogP contribution in [0, 0.1) is 0 Å². The van der Waals surface area contributed by atoms with E-state index in [1.165, 1.54) is 4.90 Å². The van der Waals surface area contributed by atoms with E-state index >= 15 is 0 Å². The van der Waals surface area contributed by atoms with Crippen LogP contribution in [0.2, 0.25) is 0 Å². The van der Waals surface area contributed by atoms with Crippen molar-refractivity contribution in [1.82, 2.24) is 15.2 Å². The summed E-state index contributed by atoms with van der Waals surface area (Å²) in [6.45, 7) is 4.60. The van der Waals surface area contributed by atoms with E-state index in [0.717, 1.165) is 29.2 Å². The van der Waals surface area contributed by atoms with Crippen molar-refractivity contribution in [3.05, 3.63) is 54.4 Å². The molecule has 2 unspecified atom stereocenters. The highest BCUT2D eigenvalue weighted by molar-refractivity contribution is 7.92. The number of hydrogen-bond acceptors (Lipinski definition) is 7. The molecule has 1 aromatic carbocycles. The van der Waals surface area contributed by atoms with Crippen LogP contribution in [-0.4, -0.2) is 67.1 Å². The molecular weight excluding hydrogens is 489 g/mol. The van der Waals surface area contributed by atoms with Crippen molar-refractivity contribution in [3.63, 3.8) is 0 Å². The van der Waals surface area contributed by atoms with E-state index in [1.54, 1.807) is 38.4 Å². The summed E-state index contributed by atoms with van der Waals surface area (Å²) in [5, 5.41) is 3.21. The fraction of sp³-hybridized carbons (Fsp3) is 0.409. The summed E-state index contributed by atoms with van der Waals surface area (Å²) in [6, 6.07) is 5.52. The molecule has 0 saturated carbocycles. The second kappa shape index (κ2) is 8.88. The predicted molar refractivity (Wildman–Crippen MR) is 118 cm³/mol. The van der Waals surface area contributed by atoms with Gasteiger partial charge in [0.1, 0.15) is 5.54 Å². The summed E-state index contributed by atoms with van der Waals surface area (Å²) in [5.74, 6) is -0.614. The third-order valence-electron chi connectivity index (χ3n) is 6.07. The van der Waals surface area contributed by atoms with E-state index in [0.29, 0.717) is 25.3 Å². The number of imide groups is 1. The highest BCUT2D eigenvalue weighted by Gasteiger charge is 2.56. The van der Waals surface area contributed by atoms with Crippen LogP contribution in [0.3, 0.4) is 0 Å². The quantitative estimate of drug-likeness (QED) is 0.614. The van der Waals surface area contributed by atoms with Gasteiger partial charge in [-0.3, -0.25) is 9.78 Å². The fourth-order valence-electron chi connectivity index (χ4n) is 4.29. The van der Waals surface area contributed by atoms with Gasteiger partial charge in [0.15, 0.2) is 0 Å². The lowest BCUT2D eigenvalue weighted by atomic mass is 9.94. The van der Waals surface area contributed by atoms with Crippen molar-refractivity contribution in [2.45, 2.75) is 41.9 Å². The molecule has 0 aliphatic carbocycles. The minimum atomic E-state index is -5.57. The van der Waals surface area contributed by atoms with Gasteiger partial charge in [0.25, 0.3) is 15.7 Å². The molecule has 3 amide bonds. The number of hydrogen-bond donors (Lipinski definition) is 1. The summed E-state index contributed by atoms with van der Waals surface area (Å²) in [6.07, 6.45) is 2.64. The molecule has 188 valence electrons. The molecule has 0 radical (unpaired) electrons. The van der Waals surface area contributed by atoms with Crippen molar-refractivity contribution in [3.8, 4) is 0 Å². The maximum atomic E-state index is 13.7. The van der Waals surface area contributed by atoms with Gasteiger partial charge >= 0.3 is 11.5 Å². The number of nitrogens with zero attached hydrogens (tertiary/aromatic N) is 3. The number of carbonyl (C=O) groups is 2. The number of urea groups is 1. The van der Waals surface area contributed by atoms with Crippen molar-refractivity contribution in [2.24, 2.45) is 0 Å². The highest BCUT2D eigenvalue weighted by atomic mass is 32.2. The number of ether oxygens (including phenoxy) is 1. The Hall–Kier alpha value is -3.03. The topological polar surface area (TPSA) is 109 Å². The predicted octanol–water partition coefficient (Wildman–Crippen LogP) is 2.65. The Bertz CT molecular complexity index is 1210. The molecule has 3 heterocycles. The summed E-state index contributed by atoms with van der Waals surface area (Å²) < 4.78 is 68.0. The molecule has 2 aliphatic rings. The van der Waals surface area contributed by atoms with Gasteiger partial charge in [-0.05, 0) is 55.8 Å². The number of amides is 3. The molecule has 35 heavy (non-hydrogen) atoms. The molecule has 2 aliphatic heterocycles. The van der Waals surface area contributed by atoms with Gasteiger partial charge < -0.3 is 15.0 Å². The van der Waals surface area contributed by atoms with Crippen LogP contribution in [0.1, 0.15) is 25.5 Å². The van der Waals surface area contributed by atoms with Gasteiger partial charge in [-0.2, -0.15) is 13.2 Å². The number of alkyl halides is 3. The number of carbonyl (C=O) groups excluding carboxylic acids is 2. The average Bonchev–Trinajstić information content (AvgIpc) is 2.99. The lowest BCUT2D eigenvalue weighted by Crippen LogP contribution is -2.53. The third kappa shape index (κ3) is 4.28. The van der Waals surface area contributed by atoms with Gasteiger partial charge in [-0.15, -0.1) is 0 Å². The summed E-state index contributed by atoms with van der Waals surface area (Å²) in [4.78, 5) is 32.3. The lowest BCUT2D eigenvalue weighted by molar-refractivity contribution is -0.125. The molecule has 4 rings (SSSR count). The second-order valence-corrected chi connectivity index (χ2v) is 10.6. The molecule has 2 aromatic rings. The molecule has 13 heteroatoms. The standard InChI is InChI=1S/C22H23F3N4O5S/c1-21(2)19(30)28(15-3-5-16(6-4-15)35(32,33)22(23,24)25)20(31)29(21)18(14-7-9-26-10-8-14)17-13-27-11-12-34-17/h3-10,17-18,27H,11-13H2,1-2H3. The molecular formula is C22H23F3N4O5S. The first-order chi connectivity index (χ1) is 16.4. The molecule has 2 saturated heterocycles. The average molecular weight is 513 g/mol. The first-order valence-electron chi connectivity index (χ1n) is 10.7. The van der Waals surface area contributed by atoms with Crippen molar-refractivity contribution >= 4 is 27.5 Å². The van der Waals surface area contributed by atoms with Crippen LogP contribution in [-0.2, 0) is 19.4 Å². The summed E-state index contributed by atoms with van der Waals surface area (Å²) in [5.41, 5.74) is -6.18. The van der Waals surface area contributed by atoms with E-state index in [-0.39, 0.29) is 5.69 Å². The Balaban J connectivity index is 1.73. The molecule has 2 fully saturated rings. The number of pyridine rings is 1. The first kappa shape index (κ1) is 25.1. The van der Waals surface area contributed by atoms with E-state index in [1.807, 2.05) is 0 Å². The molecule has 0 bridgehead atoms. The van der Waals surface area contributed by atoms with Crippen molar-refractivity contribution < 1.29 is 35.9 Å². The van der Waals surface area contributed by atoms with Gasteiger partial charge in [-0.1, -0.05) is 0 Å². The van der Waals surface area contributed by atoms with Gasteiger partial charge in [0.05, 0.1) is 29.3 Å². The number of benzene rings is 1. The smallest absolute Gasteiger partial charge is 0.373 e. The Labute approximate surface area is 199 Å². The number of nitrogens with one attached hydrogen (secondary N) is 1. The lowest BCUT2D eigenvalue weighted by Gasteiger charge is -2.41. The van der Waals surface area contributed by atoms with E-state index in [2.05, 4.69) is 10.3 Å². The minimum absolute atomic E-state index is 0.0483. The van der Waals surface area contributed by atoms with Crippen LogP contribution < -0.4 is 10.2 Å². The Kier molecular flexibility index (Phi) is 6.36. The SMILES string of the molecule is CC1(C)C(=O)N(c2ccc(S(=O)(=O)C(F)(F)F)cc2)C(=O)N1C(c1ccncc1)C1CNCCO1. The molecule has 9 nitrogen and oxygen atoms in total. The maximum Gasteiger partial charge on any atom is 0.501 e. The monoisotopic (exact) mass is 512 g/mol. The number of sulfone groups is 1. The first-order valence-corrected chi connectivity index (χ1v) is 12.2. The fourth-order valence-corrected chi connectivity index (χ4v) is 5.05. The molecule has 0 spiro atoms. The molecule has 1 aromatic heterocycles. The number of rotatable bonds is 5. The number of halogens is 3. The van der Waals surface area contributed by atoms with Crippen LogP contribution in [0.15, 0.2) is 53.7 Å². The maximum absolute atomic E-state index is 13.7. The van der Waals surface area contributed by atoms with E-state index in [4.69, 9.17) is 4.74 Å². The van der Waals surface area contributed by atoms with Gasteiger partial charge in [-0.25, -0.2) is 18.1 Å². The third-order valence-corrected chi connectivity index (χ3v) is 7.57. The number of morpholine rings is 1. The van der Waals surface area contributed by atoms with Gasteiger partial charge in [0, 0.05) is 25.5 Å². The minimum Gasteiger partial charge on any atom is -0.373 e. The highest BCUT2D eigenvalue weighted by Crippen LogP contribution is 2.41. The zero-order valence-corrected chi connectivity index (χ0v) is 19.6. The summed E-state index contributed by atoms with van der Waals surface area (Å²) >= 11 is 0. The Morgan fingerprint density at radius 1 is 1.11 bits per heavy atom. The van der Waals surface area contributed by atoms with Crippen LogP contribution >= 0.6 is 0 Å². The number of anilines is 1. The summed E-state index contributed by atoms with van der Waals surface area (Å²) in [7, 11) is -5.57. The molecule has 2 atom stereocenters. The second-order valence-electron chi connectivity index (χ2n) is 8.63. The normalized spacial score (nSPS) is 21.9. The van der Waals surface area contributed by atoms with Crippen molar-refractivity contribution in [1.29, 1.82) is 0 Å². The van der Waals surface area contributed by atoms with Gasteiger partial charge in [0.2, 0.25) is 0 Å². The Morgan fingerprint density at radius 2 is 1.74 bits per heavy atom. The van der Waals surface area contributed by atoms with Crippen LogP contribution in [0.25, 0.3) is 0 Å². The van der Waals surface area contributed by atoms with Crippen molar-refractivity contribution in [2.75, 3.05) is 24.6 Å². The zero-order valence-electron chi connectivity index (χ0n) is 18.8. The largest absolute Gasteiger partial charge is 0.501 e. The van der Waals surface area contributed by atoms with E-state index < -0.39 is 49.9 Å². The number of aromatic nitrogens is 1. The van der Waals surface area contributed by atoms with Crippen LogP contribution in [0.5, 0.6) is 0 Å². The molecule has 1 N–H and O–H groups in total.